The van der Waals surface area contributed by atoms with Gasteiger partial charge in [0.2, 0.25) is 20.0 Å². The molecule has 2 fully saturated rings. The molecule has 24 heavy (non-hydrogen) atoms. The first-order valence-corrected chi connectivity index (χ1v) is 11.1. The predicted octanol–water partition coefficient (Wildman–Crippen LogP) is 0.226. The van der Waals surface area contributed by atoms with Crippen molar-refractivity contribution in [3.05, 3.63) is 11.4 Å². The minimum atomic E-state index is -3.67. The van der Waals surface area contributed by atoms with E-state index in [0.717, 1.165) is 12.8 Å². The molecule has 1 aliphatic carbocycles. The molecule has 1 saturated carbocycles. The number of nitrogens with zero attached hydrogens (tertiary/aromatic N) is 4. The van der Waals surface area contributed by atoms with Crippen LogP contribution in [0.15, 0.2) is 4.90 Å². The maximum absolute atomic E-state index is 13.0. The van der Waals surface area contributed by atoms with Crippen LogP contribution in [-0.2, 0) is 27.1 Å². The summed E-state index contributed by atoms with van der Waals surface area (Å²) >= 11 is 0. The lowest BCUT2D eigenvalue weighted by Gasteiger charge is -2.21. The molecule has 0 atom stereocenters. The van der Waals surface area contributed by atoms with E-state index in [2.05, 4.69) is 5.10 Å². The first-order chi connectivity index (χ1) is 11.2. The third kappa shape index (κ3) is 3.00. The highest BCUT2D eigenvalue weighted by Crippen LogP contribution is 2.32. The summed E-state index contributed by atoms with van der Waals surface area (Å²) in [5, 5.41) is 3.92. The Balaban J connectivity index is 1.83. The van der Waals surface area contributed by atoms with Gasteiger partial charge in [0.05, 0.1) is 16.6 Å². The Morgan fingerprint density at radius 1 is 0.958 bits per heavy atom. The van der Waals surface area contributed by atoms with Gasteiger partial charge in [-0.1, -0.05) is 0 Å². The molecule has 0 amide bonds. The summed E-state index contributed by atoms with van der Waals surface area (Å²) in [6.07, 6.45) is 1.94. The van der Waals surface area contributed by atoms with Crippen LogP contribution in [0.5, 0.6) is 0 Å². The molecule has 1 aromatic rings. The third-order valence-electron chi connectivity index (χ3n) is 4.76. The normalized spacial score (nSPS) is 21.8. The molecule has 1 aromatic heterocycles. The zero-order valence-corrected chi connectivity index (χ0v) is 15.9. The standard InChI is InChI=1S/C14H24N4O4S2/c1-11-14(12(2)16(3)15-11)24(21,22)18-8-4-7-17(9-10-18)23(19,20)13-5-6-13/h13H,4-10H2,1-3H3. The van der Waals surface area contributed by atoms with Gasteiger partial charge in [-0.2, -0.15) is 9.40 Å². The molecule has 8 nitrogen and oxygen atoms in total. The first kappa shape index (κ1) is 17.8. The van der Waals surface area contributed by atoms with Crippen LogP contribution in [0, 0.1) is 13.8 Å². The molecule has 0 bridgehead atoms. The smallest absolute Gasteiger partial charge is 0.246 e. The fourth-order valence-electron chi connectivity index (χ4n) is 3.20. The summed E-state index contributed by atoms with van der Waals surface area (Å²) in [5.74, 6) is 0. The monoisotopic (exact) mass is 376 g/mol. The van der Waals surface area contributed by atoms with Crippen molar-refractivity contribution >= 4 is 20.0 Å². The minimum Gasteiger partial charge on any atom is -0.271 e. The molecule has 2 aliphatic rings. The second-order valence-corrected chi connectivity index (χ2v) is 10.6. The lowest BCUT2D eigenvalue weighted by molar-refractivity contribution is 0.403. The molecule has 0 spiro atoms. The lowest BCUT2D eigenvalue weighted by atomic mass is 10.4. The molecule has 0 unspecified atom stereocenters. The number of aryl methyl sites for hydroxylation is 2. The van der Waals surface area contributed by atoms with Crippen LogP contribution in [0.2, 0.25) is 0 Å². The fraction of sp³-hybridized carbons (Fsp3) is 0.786. The Bertz CT molecular complexity index is 840. The van der Waals surface area contributed by atoms with Crippen molar-refractivity contribution < 1.29 is 16.8 Å². The Kier molecular flexibility index (Phi) is 4.52. The summed E-state index contributed by atoms with van der Waals surface area (Å²) in [6, 6.07) is 0. The van der Waals surface area contributed by atoms with Crippen LogP contribution in [0.1, 0.15) is 30.7 Å². The van der Waals surface area contributed by atoms with Crippen LogP contribution >= 0.6 is 0 Å². The zero-order chi connectivity index (χ0) is 17.7. The van der Waals surface area contributed by atoms with Gasteiger partial charge in [0.25, 0.3) is 0 Å². The van der Waals surface area contributed by atoms with Crippen molar-refractivity contribution in [1.82, 2.24) is 18.4 Å². The average Bonchev–Trinajstić information content (AvgIpc) is 3.30. The second-order valence-electron chi connectivity index (χ2n) is 6.52. The Morgan fingerprint density at radius 3 is 2.08 bits per heavy atom. The number of rotatable bonds is 4. The maximum Gasteiger partial charge on any atom is 0.246 e. The molecule has 136 valence electrons. The molecule has 10 heteroatoms. The van der Waals surface area contributed by atoms with Crippen molar-refractivity contribution in [3.8, 4) is 0 Å². The Hall–Kier alpha value is -0.970. The summed E-state index contributed by atoms with van der Waals surface area (Å²) in [7, 11) is -5.22. The van der Waals surface area contributed by atoms with E-state index in [1.807, 2.05) is 0 Å². The average molecular weight is 377 g/mol. The first-order valence-electron chi connectivity index (χ1n) is 8.15. The highest BCUT2D eigenvalue weighted by Gasteiger charge is 2.41. The Labute approximate surface area is 143 Å². The van der Waals surface area contributed by atoms with E-state index in [4.69, 9.17) is 0 Å². The molecule has 0 aromatic carbocycles. The topological polar surface area (TPSA) is 92.6 Å². The molecule has 3 rings (SSSR count). The van der Waals surface area contributed by atoms with Crippen molar-refractivity contribution in [1.29, 1.82) is 0 Å². The quantitative estimate of drug-likeness (QED) is 0.750. The van der Waals surface area contributed by atoms with Crippen molar-refractivity contribution in [2.75, 3.05) is 26.2 Å². The van der Waals surface area contributed by atoms with E-state index in [0.29, 0.717) is 30.9 Å². The van der Waals surface area contributed by atoms with Crippen molar-refractivity contribution in [2.24, 2.45) is 7.05 Å². The number of hydrogen-bond donors (Lipinski definition) is 0. The van der Waals surface area contributed by atoms with E-state index in [9.17, 15) is 16.8 Å². The van der Waals surface area contributed by atoms with Crippen LogP contribution in [0.3, 0.4) is 0 Å². The highest BCUT2D eigenvalue weighted by atomic mass is 32.2. The Morgan fingerprint density at radius 2 is 1.54 bits per heavy atom. The van der Waals surface area contributed by atoms with E-state index < -0.39 is 20.0 Å². The second kappa shape index (κ2) is 6.08. The minimum absolute atomic E-state index is 0.183. The molecule has 1 saturated heterocycles. The van der Waals surface area contributed by atoms with Gasteiger partial charge in [0.15, 0.2) is 0 Å². The number of aromatic nitrogens is 2. The largest absolute Gasteiger partial charge is 0.271 e. The summed E-state index contributed by atoms with van der Waals surface area (Å²) in [6.45, 7) is 4.53. The SMILES string of the molecule is Cc1nn(C)c(C)c1S(=O)(=O)N1CCCN(S(=O)(=O)C2CC2)CC1. The van der Waals surface area contributed by atoms with Gasteiger partial charge < -0.3 is 0 Å². The number of sulfonamides is 2. The van der Waals surface area contributed by atoms with E-state index >= 15 is 0 Å². The van der Waals surface area contributed by atoms with Gasteiger partial charge >= 0.3 is 0 Å². The van der Waals surface area contributed by atoms with Gasteiger partial charge in [-0.3, -0.25) is 4.68 Å². The molecular formula is C14H24N4O4S2. The van der Waals surface area contributed by atoms with Gasteiger partial charge in [0.1, 0.15) is 4.90 Å². The predicted molar refractivity (Wildman–Crippen MR) is 89.6 cm³/mol. The fourth-order valence-corrected chi connectivity index (χ4v) is 6.94. The molecular weight excluding hydrogens is 352 g/mol. The summed E-state index contributed by atoms with van der Waals surface area (Å²) in [4.78, 5) is 0.239. The maximum atomic E-state index is 13.0. The van der Waals surface area contributed by atoms with Gasteiger partial charge in [-0.25, -0.2) is 21.1 Å². The van der Waals surface area contributed by atoms with Crippen LogP contribution in [-0.4, -0.2) is 66.7 Å². The lowest BCUT2D eigenvalue weighted by Crippen LogP contribution is -2.38. The summed E-state index contributed by atoms with van der Waals surface area (Å²) < 4.78 is 55.2. The van der Waals surface area contributed by atoms with Gasteiger partial charge in [0, 0.05) is 33.2 Å². The molecule has 1 aliphatic heterocycles. The summed E-state index contributed by atoms with van der Waals surface area (Å²) in [5.41, 5.74) is 1.07. The van der Waals surface area contributed by atoms with Gasteiger partial charge in [-0.05, 0) is 33.1 Å². The molecule has 2 heterocycles. The third-order valence-corrected chi connectivity index (χ3v) is 9.31. The zero-order valence-electron chi connectivity index (χ0n) is 14.3. The van der Waals surface area contributed by atoms with Crippen molar-refractivity contribution in [2.45, 2.75) is 43.3 Å². The van der Waals surface area contributed by atoms with E-state index in [1.54, 1.807) is 25.6 Å². The van der Waals surface area contributed by atoms with Crippen molar-refractivity contribution in [3.63, 3.8) is 0 Å². The molecule has 0 radical (unpaired) electrons. The van der Waals surface area contributed by atoms with Gasteiger partial charge in [-0.15, -0.1) is 0 Å². The van der Waals surface area contributed by atoms with Crippen LogP contribution in [0.4, 0.5) is 0 Å². The highest BCUT2D eigenvalue weighted by molar-refractivity contribution is 7.90. The van der Waals surface area contributed by atoms with E-state index in [1.165, 1.54) is 8.61 Å². The van der Waals surface area contributed by atoms with Crippen LogP contribution in [0.25, 0.3) is 0 Å². The van der Waals surface area contributed by atoms with E-state index in [-0.39, 0.29) is 23.2 Å². The number of hydrogen-bond acceptors (Lipinski definition) is 5. The van der Waals surface area contributed by atoms with Crippen LogP contribution < -0.4 is 0 Å². The molecule has 0 N–H and O–H groups in total.